The zero-order valence-electron chi connectivity index (χ0n) is 14.7. The van der Waals surface area contributed by atoms with E-state index in [0.717, 1.165) is 40.2 Å². The Bertz CT molecular complexity index is 715. The average molecular weight is 377 g/mol. The van der Waals surface area contributed by atoms with E-state index in [1.165, 1.54) is 11.8 Å². The highest BCUT2D eigenvalue weighted by Gasteiger charge is 2.13. The third-order valence-corrected chi connectivity index (χ3v) is 5.62. The Balaban J connectivity index is 1.98. The highest BCUT2D eigenvalue weighted by atomic mass is 32.2. The maximum absolute atomic E-state index is 12.3. The van der Waals surface area contributed by atoms with Gasteiger partial charge in [-0.2, -0.15) is 0 Å². The molecule has 0 radical (unpaired) electrons. The Kier molecular flexibility index (Phi) is 8.08. The van der Waals surface area contributed by atoms with Crippen molar-refractivity contribution in [1.82, 2.24) is 14.8 Å². The molecule has 2 aromatic rings. The summed E-state index contributed by atoms with van der Waals surface area (Å²) in [5.41, 5.74) is 0.869. The number of carbonyl (C=O) groups excluding carboxylic acids is 1. The average Bonchev–Trinajstić information content (AvgIpc) is 3.01. The summed E-state index contributed by atoms with van der Waals surface area (Å²) in [4.78, 5) is 13.4. The molecule has 1 N–H and O–H groups in total. The number of amides is 1. The van der Waals surface area contributed by atoms with E-state index in [0.29, 0.717) is 12.3 Å². The van der Waals surface area contributed by atoms with Crippen LogP contribution in [0.4, 0.5) is 5.69 Å². The third kappa shape index (κ3) is 5.64. The molecule has 0 atom stereocenters. The Morgan fingerprint density at radius 3 is 2.80 bits per heavy atom. The molecule has 1 aromatic carbocycles. The van der Waals surface area contributed by atoms with Crippen molar-refractivity contribution in [3.05, 3.63) is 42.7 Å². The minimum absolute atomic E-state index is 0.0410. The number of nitrogens with one attached hydrogen (secondary N) is 1. The predicted molar refractivity (Wildman–Crippen MR) is 106 cm³/mol. The van der Waals surface area contributed by atoms with E-state index in [1.54, 1.807) is 11.8 Å². The largest absolute Gasteiger partial charge is 0.324 e. The lowest BCUT2D eigenvalue weighted by Crippen LogP contribution is -2.15. The molecule has 1 heterocycles. The molecule has 0 aliphatic heterocycles. The second-order valence-electron chi connectivity index (χ2n) is 5.33. The van der Waals surface area contributed by atoms with Crippen LogP contribution < -0.4 is 5.32 Å². The number of benzene rings is 1. The van der Waals surface area contributed by atoms with Gasteiger partial charge in [0, 0.05) is 17.9 Å². The number of hydrogen-bond donors (Lipinski definition) is 1. The molecule has 7 heteroatoms. The van der Waals surface area contributed by atoms with Gasteiger partial charge in [0.2, 0.25) is 5.91 Å². The maximum atomic E-state index is 12.3. The van der Waals surface area contributed by atoms with Crippen LogP contribution in [0.5, 0.6) is 0 Å². The van der Waals surface area contributed by atoms with Crippen molar-refractivity contribution >= 4 is 35.1 Å². The van der Waals surface area contributed by atoms with Crippen LogP contribution >= 0.6 is 23.5 Å². The molecule has 2 rings (SSSR count). The molecule has 25 heavy (non-hydrogen) atoms. The Hall–Kier alpha value is -1.73. The molecule has 0 fully saturated rings. The van der Waals surface area contributed by atoms with E-state index in [-0.39, 0.29) is 5.91 Å². The van der Waals surface area contributed by atoms with Gasteiger partial charge in [-0.25, -0.2) is 0 Å². The Labute approximate surface area is 157 Å². The molecular formula is C18H24N4OS2. The van der Waals surface area contributed by atoms with Gasteiger partial charge in [0.1, 0.15) is 5.82 Å². The second kappa shape index (κ2) is 10.3. The van der Waals surface area contributed by atoms with Crippen molar-refractivity contribution in [2.45, 2.75) is 43.3 Å². The second-order valence-corrected chi connectivity index (χ2v) is 7.41. The lowest BCUT2D eigenvalue weighted by molar-refractivity contribution is -0.113. The minimum Gasteiger partial charge on any atom is -0.324 e. The molecular weight excluding hydrogens is 352 g/mol. The highest BCUT2D eigenvalue weighted by molar-refractivity contribution is 8.00. The molecule has 0 bridgehead atoms. The van der Waals surface area contributed by atoms with Crippen LogP contribution in [0, 0.1) is 0 Å². The van der Waals surface area contributed by atoms with Gasteiger partial charge in [0.05, 0.1) is 11.4 Å². The lowest BCUT2D eigenvalue weighted by atomic mass is 10.3. The van der Waals surface area contributed by atoms with Gasteiger partial charge in [-0.15, -0.1) is 28.5 Å². The lowest BCUT2D eigenvalue weighted by Gasteiger charge is -2.10. The minimum atomic E-state index is -0.0410. The Morgan fingerprint density at radius 1 is 1.28 bits per heavy atom. The van der Waals surface area contributed by atoms with Crippen LogP contribution in [-0.4, -0.2) is 32.2 Å². The smallest absolute Gasteiger partial charge is 0.234 e. The summed E-state index contributed by atoms with van der Waals surface area (Å²) in [6.45, 7) is 8.60. The van der Waals surface area contributed by atoms with E-state index in [2.05, 4.69) is 29.0 Å². The molecule has 0 aliphatic rings. The van der Waals surface area contributed by atoms with Crippen LogP contribution in [0.15, 0.2) is 47.0 Å². The fourth-order valence-electron chi connectivity index (χ4n) is 2.22. The zero-order valence-corrected chi connectivity index (χ0v) is 16.3. The summed E-state index contributed by atoms with van der Waals surface area (Å²) >= 11 is 3.16. The SMILES string of the molecule is C=CCn1c(CC)nnc1SCC(=O)Nc1ccccc1SCCC. The van der Waals surface area contributed by atoms with Crippen LogP contribution in [0.3, 0.4) is 0 Å². The number of carbonyl (C=O) groups is 1. The van der Waals surface area contributed by atoms with Crippen molar-refractivity contribution in [2.75, 3.05) is 16.8 Å². The van der Waals surface area contributed by atoms with Gasteiger partial charge in [-0.1, -0.05) is 43.8 Å². The number of aromatic nitrogens is 3. The number of para-hydroxylation sites is 1. The number of hydrogen-bond acceptors (Lipinski definition) is 5. The molecule has 0 saturated carbocycles. The van der Waals surface area contributed by atoms with E-state index in [9.17, 15) is 4.79 Å². The topological polar surface area (TPSA) is 59.8 Å². The molecule has 0 spiro atoms. The molecule has 0 aliphatic carbocycles. The first kappa shape index (κ1) is 19.6. The molecule has 0 unspecified atom stereocenters. The molecule has 1 amide bonds. The van der Waals surface area contributed by atoms with Crippen LogP contribution in [0.2, 0.25) is 0 Å². The molecule has 5 nitrogen and oxygen atoms in total. The monoisotopic (exact) mass is 376 g/mol. The normalized spacial score (nSPS) is 10.6. The summed E-state index contributed by atoms with van der Waals surface area (Å²) in [5.74, 6) is 2.20. The summed E-state index contributed by atoms with van der Waals surface area (Å²) < 4.78 is 2.00. The highest BCUT2D eigenvalue weighted by Crippen LogP contribution is 2.27. The summed E-state index contributed by atoms with van der Waals surface area (Å²) in [5, 5.41) is 12.1. The van der Waals surface area contributed by atoms with E-state index in [1.807, 2.05) is 41.8 Å². The van der Waals surface area contributed by atoms with E-state index >= 15 is 0 Å². The zero-order chi connectivity index (χ0) is 18.1. The fraction of sp³-hybridized carbons (Fsp3) is 0.389. The van der Waals surface area contributed by atoms with Crippen molar-refractivity contribution in [1.29, 1.82) is 0 Å². The van der Waals surface area contributed by atoms with Gasteiger partial charge in [-0.05, 0) is 24.3 Å². The van der Waals surface area contributed by atoms with Crippen molar-refractivity contribution < 1.29 is 4.79 Å². The van der Waals surface area contributed by atoms with E-state index in [4.69, 9.17) is 0 Å². The van der Waals surface area contributed by atoms with Crippen molar-refractivity contribution in [3.63, 3.8) is 0 Å². The number of rotatable bonds is 10. The van der Waals surface area contributed by atoms with Gasteiger partial charge in [0.15, 0.2) is 5.16 Å². The number of thioether (sulfide) groups is 2. The van der Waals surface area contributed by atoms with Gasteiger partial charge >= 0.3 is 0 Å². The first-order valence-corrected chi connectivity index (χ1v) is 10.3. The standard InChI is InChI=1S/C18H24N4OS2/c1-4-11-22-16(6-3)20-21-18(22)25-13-17(23)19-14-9-7-8-10-15(14)24-12-5-2/h4,7-10H,1,5-6,11-13H2,2-3H3,(H,19,23). The van der Waals surface area contributed by atoms with Crippen LogP contribution in [-0.2, 0) is 17.8 Å². The quantitative estimate of drug-likeness (QED) is 0.496. The van der Waals surface area contributed by atoms with Gasteiger partial charge in [-0.3, -0.25) is 4.79 Å². The maximum Gasteiger partial charge on any atom is 0.234 e. The van der Waals surface area contributed by atoms with E-state index < -0.39 is 0 Å². The van der Waals surface area contributed by atoms with Crippen molar-refractivity contribution in [2.24, 2.45) is 0 Å². The molecule has 134 valence electrons. The summed E-state index contributed by atoms with van der Waals surface area (Å²) in [6.07, 6.45) is 3.71. The Morgan fingerprint density at radius 2 is 2.08 bits per heavy atom. The first-order chi connectivity index (χ1) is 12.2. The number of aryl methyl sites for hydroxylation is 1. The summed E-state index contributed by atoms with van der Waals surface area (Å²) in [6, 6.07) is 7.91. The van der Waals surface area contributed by atoms with Gasteiger partial charge in [0.25, 0.3) is 0 Å². The molecule has 1 aromatic heterocycles. The van der Waals surface area contributed by atoms with Gasteiger partial charge < -0.3 is 9.88 Å². The first-order valence-electron chi connectivity index (χ1n) is 8.37. The number of nitrogens with zero attached hydrogens (tertiary/aromatic N) is 3. The number of anilines is 1. The number of allylic oxidation sites excluding steroid dienone is 1. The van der Waals surface area contributed by atoms with Crippen LogP contribution in [0.1, 0.15) is 26.1 Å². The fourth-order valence-corrected chi connectivity index (χ4v) is 3.86. The predicted octanol–water partition coefficient (Wildman–Crippen LogP) is 4.26. The third-order valence-electron chi connectivity index (χ3n) is 3.38. The van der Waals surface area contributed by atoms with Crippen molar-refractivity contribution in [3.8, 4) is 0 Å². The van der Waals surface area contributed by atoms with Crippen LogP contribution in [0.25, 0.3) is 0 Å². The molecule has 0 saturated heterocycles. The summed E-state index contributed by atoms with van der Waals surface area (Å²) in [7, 11) is 0.